The van der Waals surface area contributed by atoms with Gasteiger partial charge in [0, 0.05) is 0 Å². The molecule has 1 atom stereocenters. The molecule has 0 bridgehead atoms. The van der Waals surface area contributed by atoms with E-state index < -0.39 is 0 Å². The van der Waals surface area contributed by atoms with Crippen LogP contribution in [0.5, 0.6) is 5.75 Å². The molecule has 0 aromatic heterocycles. The van der Waals surface area contributed by atoms with Crippen molar-refractivity contribution in [3.63, 3.8) is 0 Å². The minimum atomic E-state index is -0.188. The van der Waals surface area contributed by atoms with E-state index in [4.69, 9.17) is 4.74 Å². The van der Waals surface area contributed by atoms with Gasteiger partial charge < -0.3 is 4.74 Å². The second-order valence-electron chi connectivity index (χ2n) is 10.2. The highest BCUT2D eigenvalue weighted by molar-refractivity contribution is 5.76. The first-order valence-electron chi connectivity index (χ1n) is 13.4. The van der Waals surface area contributed by atoms with Crippen LogP contribution in [0.3, 0.4) is 0 Å². The zero-order valence-corrected chi connectivity index (χ0v) is 21.3. The van der Waals surface area contributed by atoms with Gasteiger partial charge in [0.2, 0.25) is 0 Å². The van der Waals surface area contributed by atoms with E-state index in [1.807, 2.05) is 12.1 Å². The second kappa shape index (κ2) is 13.3. The van der Waals surface area contributed by atoms with Gasteiger partial charge in [0.1, 0.15) is 11.8 Å². The summed E-state index contributed by atoms with van der Waals surface area (Å²) in [7, 11) is 0. The van der Waals surface area contributed by atoms with Gasteiger partial charge in [0.05, 0.1) is 11.5 Å². The maximum Gasteiger partial charge on any atom is 0.314 e. The van der Waals surface area contributed by atoms with Crippen LogP contribution >= 0.6 is 0 Å². The zero-order valence-electron chi connectivity index (χ0n) is 21.3. The molecule has 182 valence electrons. The Hall–Kier alpha value is -2.60. The molecule has 0 spiro atoms. The van der Waals surface area contributed by atoms with E-state index in [1.54, 1.807) is 6.07 Å². The molecule has 1 aliphatic rings. The molecule has 0 saturated heterocycles. The molecule has 0 N–H and O–H groups in total. The van der Waals surface area contributed by atoms with Gasteiger partial charge >= 0.3 is 5.97 Å². The van der Waals surface area contributed by atoms with E-state index >= 15 is 0 Å². The lowest BCUT2D eigenvalue weighted by molar-refractivity contribution is -0.140. The smallest absolute Gasteiger partial charge is 0.314 e. The Bertz CT molecular complexity index is 948. The molecular weight excluding hydrogens is 418 g/mol. The van der Waals surface area contributed by atoms with Crippen molar-refractivity contribution in [2.75, 3.05) is 0 Å². The number of nitriles is 1. The molecule has 2 aromatic rings. The summed E-state index contributed by atoms with van der Waals surface area (Å²) in [6, 6.07) is 17.0. The van der Waals surface area contributed by atoms with E-state index in [9.17, 15) is 10.1 Å². The fraction of sp³-hybridized carbons (Fsp3) is 0.548. The van der Waals surface area contributed by atoms with Crippen molar-refractivity contribution in [3.8, 4) is 11.8 Å². The molecule has 0 heterocycles. The number of benzene rings is 2. The number of rotatable bonds is 11. The third-order valence-corrected chi connectivity index (χ3v) is 7.49. The van der Waals surface area contributed by atoms with Crippen LogP contribution in [-0.4, -0.2) is 5.97 Å². The molecule has 3 nitrogen and oxygen atoms in total. The van der Waals surface area contributed by atoms with Gasteiger partial charge in [-0.2, -0.15) is 5.26 Å². The topological polar surface area (TPSA) is 50.1 Å². The van der Waals surface area contributed by atoms with Crippen molar-refractivity contribution < 1.29 is 9.53 Å². The highest BCUT2D eigenvalue weighted by Crippen LogP contribution is 2.37. The molecule has 2 aromatic carbocycles. The number of aryl methyl sites for hydroxylation is 1. The molecule has 0 radical (unpaired) electrons. The normalized spacial score (nSPS) is 18.8. The number of hydrogen-bond donors (Lipinski definition) is 0. The number of carbonyl (C=O) groups excluding carboxylic acids is 1. The molecule has 1 unspecified atom stereocenters. The highest BCUT2D eigenvalue weighted by Gasteiger charge is 2.29. The molecule has 3 heteroatoms. The SMILES string of the molecule is CCCCCCc1ccc(C2CCC(C(=O)Oc3ccc(CC(C)CC)cc3C#N)CC2)cc1. The van der Waals surface area contributed by atoms with E-state index in [0.29, 0.717) is 23.1 Å². The minimum absolute atomic E-state index is 0.0829. The van der Waals surface area contributed by atoms with Crippen LogP contribution in [0.15, 0.2) is 42.5 Å². The van der Waals surface area contributed by atoms with Gasteiger partial charge in [0.15, 0.2) is 0 Å². The number of carbonyl (C=O) groups is 1. The van der Waals surface area contributed by atoms with E-state index in [1.165, 1.54) is 43.2 Å². The monoisotopic (exact) mass is 459 g/mol. The fourth-order valence-corrected chi connectivity index (χ4v) is 4.99. The number of esters is 1. The summed E-state index contributed by atoms with van der Waals surface area (Å²) in [5.41, 5.74) is 4.41. The highest BCUT2D eigenvalue weighted by atomic mass is 16.5. The van der Waals surface area contributed by atoms with Crippen LogP contribution in [0.1, 0.15) is 107 Å². The summed E-state index contributed by atoms with van der Waals surface area (Å²) in [6.45, 7) is 6.63. The van der Waals surface area contributed by atoms with Gasteiger partial charge in [0.25, 0.3) is 0 Å². The van der Waals surface area contributed by atoms with E-state index in [2.05, 4.69) is 51.1 Å². The third kappa shape index (κ3) is 7.45. The van der Waals surface area contributed by atoms with Gasteiger partial charge in [-0.1, -0.05) is 76.8 Å². The summed E-state index contributed by atoms with van der Waals surface area (Å²) >= 11 is 0. The van der Waals surface area contributed by atoms with Gasteiger partial charge in [-0.05, 0) is 85.6 Å². The predicted octanol–water partition coefficient (Wildman–Crippen LogP) is 8.15. The number of hydrogen-bond acceptors (Lipinski definition) is 3. The Morgan fingerprint density at radius 1 is 1.00 bits per heavy atom. The number of nitrogens with zero attached hydrogens (tertiary/aromatic N) is 1. The van der Waals surface area contributed by atoms with Gasteiger partial charge in [-0.25, -0.2) is 0 Å². The maximum absolute atomic E-state index is 12.8. The van der Waals surface area contributed by atoms with Crippen molar-refractivity contribution in [1.82, 2.24) is 0 Å². The number of unbranched alkanes of at least 4 members (excludes halogenated alkanes) is 3. The summed E-state index contributed by atoms with van der Waals surface area (Å²) in [5.74, 6) is 1.22. The van der Waals surface area contributed by atoms with Crippen LogP contribution in [0, 0.1) is 23.2 Å². The number of ether oxygens (including phenoxy) is 1. The van der Waals surface area contributed by atoms with Crippen molar-refractivity contribution in [2.45, 2.75) is 97.3 Å². The molecule has 1 aliphatic carbocycles. The van der Waals surface area contributed by atoms with E-state index in [-0.39, 0.29) is 11.9 Å². The summed E-state index contributed by atoms with van der Waals surface area (Å²) in [6.07, 6.45) is 12.1. The van der Waals surface area contributed by atoms with E-state index in [0.717, 1.165) is 44.1 Å². The first-order chi connectivity index (χ1) is 16.5. The molecular formula is C31H41NO2. The minimum Gasteiger partial charge on any atom is -0.425 e. The lowest BCUT2D eigenvalue weighted by atomic mass is 9.78. The van der Waals surface area contributed by atoms with Crippen LogP contribution in [0.2, 0.25) is 0 Å². The molecule has 34 heavy (non-hydrogen) atoms. The molecule has 1 saturated carbocycles. The fourth-order valence-electron chi connectivity index (χ4n) is 4.99. The Balaban J connectivity index is 1.50. The summed E-state index contributed by atoms with van der Waals surface area (Å²) in [5, 5.41) is 9.57. The molecule has 3 rings (SSSR count). The van der Waals surface area contributed by atoms with Crippen molar-refractivity contribution in [3.05, 3.63) is 64.7 Å². The zero-order chi connectivity index (χ0) is 24.3. The first-order valence-corrected chi connectivity index (χ1v) is 13.4. The first kappa shape index (κ1) is 26.0. The largest absolute Gasteiger partial charge is 0.425 e. The average Bonchev–Trinajstić information content (AvgIpc) is 2.87. The third-order valence-electron chi connectivity index (χ3n) is 7.49. The Labute approximate surface area is 206 Å². The summed E-state index contributed by atoms with van der Waals surface area (Å²) < 4.78 is 5.71. The predicted molar refractivity (Wildman–Crippen MR) is 139 cm³/mol. The molecule has 0 amide bonds. The van der Waals surface area contributed by atoms with Crippen molar-refractivity contribution in [2.24, 2.45) is 11.8 Å². The van der Waals surface area contributed by atoms with Crippen LogP contribution in [0.25, 0.3) is 0 Å². The maximum atomic E-state index is 12.8. The molecule has 1 fully saturated rings. The van der Waals surface area contributed by atoms with Gasteiger partial charge in [-0.3, -0.25) is 4.79 Å². The van der Waals surface area contributed by atoms with Crippen LogP contribution in [-0.2, 0) is 17.6 Å². The van der Waals surface area contributed by atoms with Crippen LogP contribution < -0.4 is 4.74 Å². The lowest BCUT2D eigenvalue weighted by Gasteiger charge is -2.27. The quantitative estimate of drug-likeness (QED) is 0.193. The Morgan fingerprint density at radius 2 is 1.71 bits per heavy atom. The molecule has 0 aliphatic heterocycles. The van der Waals surface area contributed by atoms with Gasteiger partial charge in [-0.15, -0.1) is 0 Å². The standard InChI is InChI=1S/C31H41NO2/c1-4-6-7-8-9-24-10-13-26(14-11-24)27-15-17-28(18-16-27)31(33)34-30-19-12-25(20-23(3)5-2)21-29(30)22-32/h10-14,19,21,23,27-28H,4-9,15-18,20H2,1-3H3. The second-order valence-corrected chi connectivity index (χ2v) is 10.2. The van der Waals surface area contributed by atoms with Crippen molar-refractivity contribution in [1.29, 1.82) is 5.26 Å². The Kier molecular flexibility index (Phi) is 10.2. The summed E-state index contributed by atoms with van der Waals surface area (Å²) in [4.78, 5) is 12.8. The van der Waals surface area contributed by atoms with Crippen LogP contribution in [0.4, 0.5) is 0 Å². The average molecular weight is 460 g/mol. The Morgan fingerprint density at radius 3 is 2.35 bits per heavy atom. The van der Waals surface area contributed by atoms with Crippen molar-refractivity contribution >= 4 is 5.97 Å². The lowest BCUT2D eigenvalue weighted by Crippen LogP contribution is -2.25.